The van der Waals surface area contributed by atoms with Crippen LogP contribution in [-0.2, 0) is 17.6 Å². The molecular weight excluding hydrogens is 389 g/mol. The normalized spacial score (nSPS) is 17.5. The Kier molecular flexibility index (Phi) is 5.17. The number of rotatable bonds is 5. The van der Waals surface area contributed by atoms with Crippen molar-refractivity contribution in [1.82, 2.24) is 4.90 Å². The standard InChI is InChI=1S/C21H23BNO7/c1-13-2-4-14(5-3-13)10-18(24)23-11-16(12-23)29-17-7-6-15-8-9-22(27,28)30-20(15)19(17)21(25)26/h2-7,16,27-28H,8-12H2,1H3,(H,25,26)/q-1. The van der Waals surface area contributed by atoms with Crippen LogP contribution in [0, 0.1) is 6.92 Å². The van der Waals surface area contributed by atoms with E-state index in [9.17, 15) is 24.7 Å². The van der Waals surface area contributed by atoms with E-state index in [1.165, 1.54) is 0 Å². The first-order valence-corrected chi connectivity index (χ1v) is 9.90. The second-order valence-electron chi connectivity index (χ2n) is 7.95. The molecule has 2 aliphatic rings. The fraction of sp³-hybridized carbons (Fsp3) is 0.333. The van der Waals surface area contributed by atoms with Crippen LogP contribution in [0.1, 0.15) is 27.0 Å². The Morgan fingerprint density at radius 3 is 2.53 bits per heavy atom. The number of aromatic carboxylic acids is 1. The van der Waals surface area contributed by atoms with E-state index in [1.54, 1.807) is 17.0 Å². The maximum atomic E-state index is 12.4. The topological polar surface area (TPSA) is 117 Å². The number of hydrogen-bond acceptors (Lipinski definition) is 6. The van der Waals surface area contributed by atoms with Crippen molar-refractivity contribution in [3.05, 3.63) is 58.7 Å². The lowest BCUT2D eigenvalue weighted by molar-refractivity contribution is -0.139. The Balaban J connectivity index is 1.42. The summed E-state index contributed by atoms with van der Waals surface area (Å²) in [6, 6.07) is 11.0. The Morgan fingerprint density at radius 2 is 1.87 bits per heavy atom. The molecular formula is C21H23BNO7-. The molecule has 0 radical (unpaired) electrons. The number of likely N-dealkylation sites (tertiary alicyclic amines) is 1. The third kappa shape index (κ3) is 4.12. The number of ether oxygens (including phenoxy) is 1. The summed E-state index contributed by atoms with van der Waals surface area (Å²) in [5.74, 6) is -1.27. The van der Waals surface area contributed by atoms with Gasteiger partial charge in [0.2, 0.25) is 5.91 Å². The minimum Gasteiger partial charge on any atom is -0.669 e. The lowest BCUT2D eigenvalue weighted by atomic mass is 9.70. The van der Waals surface area contributed by atoms with Crippen molar-refractivity contribution < 1.29 is 34.1 Å². The van der Waals surface area contributed by atoms with Crippen LogP contribution >= 0.6 is 0 Å². The number of amides is 1. The Labute approximate surface area is 173 Å². The molecule has 1 amide bonds. The highest BCUT2D eigenvalue weighted by molar-refractivity contribution is 6.59. The number of fused-ring (bicyclic) bond motifs is 1. The van der Waals surface area contributed by atoms with Crippen LogP contribution in [0.15, 0.2) is 36.4 Å². The van der Waals surface area contributed by atoms with Gasteiger partial charge in [0.15, 0.2) is 0 Å². The zero-order valence-corrected chi connectivity index (χ0v) is 16.6. The molecule has 0 atom stereocenters. The van der Waals surface area contributed by atoms with Gasteiger partial charge in [-0.25, -0.2) is 4.79 Å². The number of hydrogen-bond donors (Lipinski definition) is 3. The first-order chi connectivity index (χ1) is 14.2. The predicted molar refractivity (Wildman–Crippen MR) is 109 cm³/mol. The minimum atomic E-state index is -3.09. The average molecular weight is 412 g/mol. The molecule has 2 heterocycles. The summed E-state index contributed by atoms with van der Waals surface area (Å²) in [5.41, 5.74) is 2.43. The van der Waals surface area contributed by atoms with Crippen molar-refractivity contribution >= 4 is 18.6 Å². The summed E-state index contributed by atoms with van der Waals surface area (Å²) in [6.07, 6.45) is 0.267. The number of aryl methyl sites for hydroxylation is 2. The fourth-order valence-corrected chi connectivity index (χ4v) is 3.72. The number of carbonyl (C=O) groups is 2. The summed E-state index contributed by atoms with van der Waals surface area (Å²) < 4.78 is 11.0. The van der Waals surface area contributed by atoms with Gasteiger partial charge < -0.3 is 29.4 Å². The number of nitrogens with zero attached hydrogens (tertiary/aromatic N) is 1. The van der Waals surface area contributed by atoms with Crippen molar-refractivity contribution in [1.29, 1.82) is 0 Å². The van der Waals surface area contributed by atoms with Gasteiger partial charge in [-0.2, -0.15) is 0 Å². The molecule has 2 aliphatic heterocycles. The highest BCUT2D eigenvalue weighted by Gasteiger charge is 2.36. The Morgan fingerprint density at radius 1 is 1.17 bits per heavy atom. The molecule has 1 saturated heterocycles. The van der Waals surface area contributed by atoms with Crippen LogP contribution in [0.4, 0.5) is 0 Å². The van der Waals surface area contributed by atoms with Gasteiger partial charge in [-0.05, 0) is 30.5 Å². The second-order valence-corrected chi connectivity index (χ2v) is 7.95. The zero-order valence-electron chi connectivity index (χ0n) is 16.6. The van der Waals surface area contributed by atoms with Crippen molar-refractivity contribution in [3.8, 4) is 11.5 Å². The summed E-state index contributed by atoms with van der Waals surface area (Å²) >= 11 is 0. The molecule has 0 aliphatic carbocycles. The van der Waals surface area contributed by atoms with Crippen LogP contribution in [0.2, 0.25) is 6.32 Å². The lowest BCUT2D eigenvalue weighted by Crippen LogP contribution is -2.56. The van der Waals surface area contributed by atoms with Crippen LogP contribution in [0.3, 0.4) is 0 Å². The molecule has 158 valence electrons. The SMILES string of the molecule is Cc1ccc(CC(=O)N2CC(Oc3ccc4c(c3C(=O)O)O[B-](O)(O)CC4)C2)cc1. The summed E-state index contributed by atoms with van der Waals surface area (Å²) in [7, 11) is 0. The fourth-order valence-electron chi connectivity index (χ4n) is 3.72. The van der Waals surface area contributed by atoms with Crippen LogP contribution in [0.25, 0.3) is 0 Å². The summed E-state index contributed by atoms with van der Waals surface area (Å²) in [6.45, 7) is -0.386. The minimum absolute atomic E-state index is 0.00689. The molecule has 0 saturated carbocycles. The molecule has 0 aromatic heterocycles. The van der Waals surface area contributed by atoms with E-state index in [1.807, 2.05) is 31.2 Å². The van der Waals surface area contributed by atoms with Crippen molar-refractivity contribution in [2.45, 2.75) is 32.2 Å². The highest BCUT2D eigenvalue weighted by atomic mass is 16.6. The molecule has 0 bridgehead atoms. The number of carboxylic acid groups (broad SMARTS) is 1. The third-order valence-electron chi connectivity index (χ3n) is 5.48. The van der Waals surface area contributed by atoms with E-state index in [2.05, 4.69) is 0 Å². The molecule has 30 heavy (non-hydrogen) atoms. The maximum absolute atomic E-state index is 12.4. The van der Waals surface area contributed by atoms with Gasteiger partial charge in [-0.3, -0.25) is 4.79 Å². The van der Waals surface area contributed by atoms with Crippen molar-refractivity contribution in [3.63, 3.8) is 0 Å². The van der Waals surface area contributed by atoms with E-state index >= 15 is 0 Å². The third-order valence-corrected chi connectivity index (χ3v) is 5.48. The van der Waals surface area contributed by atoms with Crippen molar-refractivity contribution in [2.75, 3.05) is 13.1 Å². The maximum Gasteiger partial charge on any atom is 0.430 e. The van der Waals surface area contributed by atoms with Gasteiger partial charge in [-0.15, -0.1) is 0 Å². The molecule has 0 spiro atoms. The van der Waals surface area contributed by atoms with E-state index in [4.69, 9.17) is 9.39 Å². The number of carbonyl (C=O) groups excluding carboxylic acids is 1. The molecule has 0 unspecified atom stereocenters. The van der Waals surface area contributed by atoms with Gasteiger partial charge in [0.1, 0.15) is 17.4 Å². The largest absolute Gasteiger partial charge is 0.669 e. The van der Waals surface area contributed by atoms with Gasteiger partial charge in [0.05, 0.1) is 25.3 Å². The molecule has 2 aromatic rings. The molecule has 4 rings (SSSR count). The smallest absolute Gasteiger partial charge is 0.430 e. The monoisotopic (exact) mass is 412 g/mol. The predicted octanol–water partition coefficient (Wildman–Crippen LogP) is 1.38. The van der Waals surface area contributed by atoms with Gasteiger partial charge >= 0.3 is 12.7 Å². The average Bonchev–Trinajstić information content (AvgIpc) is 2.64. The quantitative estimate of drug-likeness (QED) is 0.636. The van der Waals surface area contributed by atoms with E-state index in [0.717, 1.165) is 11.1 Å². The summed E-state index contributed by atoms with van der Waals surface area (Å²) in [4.78, 5) is 25.9. The molecule has 8 nitrogen and oxygen atoms in total. The van der Waals surface area contributed by atoms with E-state index in [-0.39, 0.29) is 35.4 Å². The number of carboxylic acids is 1. The molecule has 9 heteroatoms. The van der Waals surface area contributed by atoms with E-state index < -0.39 is 12.7 Å². The summed E-state index contributed by atoms with van der Waals surface area (Å²) in [5, 5.41) is 29.3. The van der Waals surface area contributed by atoms with Crippen molar-refractivity contribution in [2.24, 2.45) is 0 Å². The van der Waals surface area contributed by atoms with E-state index in [0.29, 0.717) is 31.5 Å². The molecule has 2 aromatic carbocycles. The first-order valence-electron chi connectivity index (χ1n) is 9.90. The number of benzene rings is 2. The van der Waals surface area contributed by atoms with Gasteiger partial charge in [0.25, 0.3) is 0 Å². The first kappa shape index (κ1) is 20.2. The van der Waals surface area contributed by atoms with Crippen LogP contribution in [0.5, 0.6) is 11.5 Å². The molecule has 1 fully saturated rings. The second kappa shape index (κ2) is 7.66. The lowest BCUT2D eigenvalue weighted by Gasteiger charge is -2.40. The van der Waals surface area contributed by atoms with Gasteiger partial charge in [-0.1, -0.05) is 42.2 Å². The van der Waals surface area contributed by atoms with Crippen LogP contribution in [-0.4, -0.2) is 57.9 Å². The Bertz CT molecular complexity index is 984. The van der Waals surface area contributed by atoms with Gasteiger partial charge in [0, 0.05) is 0 Å². The molecule has 3 N–H and O–H groups in total. The van der Waals surface area contributed by atoms with Crippen LogP contribution < -0.4 is 9.39 Å². The Hall–Kier alpha value is -3.04. The zero-order chi connectivity index (χ0) is 21.5. The highest BCUT2D eigenvalue weighted by Crippen LogP contribution is 2.39.